The Morgan fingerprint density at radius 1 is 1.22 bits per heavy atom. The predicted molar refractivity (Wildman–Crippen MR) is 104 cm³/mol. The van der Waals surface area contributed by atoms with E-state index in [0.29, 0.717) is 32.7 Å². The first-order chi connectivity index (χ1) is 13.1. The van der Waals surface area contributed by atoms with Crippen molar-refractivity contribution >= 4 is 11.8 Å². The first-order valence-corrected chi connectivity index (χ1v) is 10.0. The van der Waals surface area contributed by atoms with E-state index in [9.17, 15) is 9.59 Å². The number of hydrogen-bond acceptors (Lipinski definition) is 4. The summed E-state index contributed by atoms with van der Waals surface area (Å²) in [5.41, 5.74) is 7.80. The maximum atomic E-state index is 12.8. The number of rotatable bonds is 7. The van der Waals surface area contributed by atoms with Gasteiger partial charge in [0, 0.05) is 39.2 Å². The topological polar surface area (TPSA) is 75.9 Å². The van der Waals surface area contributed by atoms with E-state index in [1.54, 1.807) is 0 Å². The summed E-state index contributed by atoms with van der Waals surface area (Å²) in [5, 5.41) is 0. The van der Waals surface area contributed by atoms with Crippen molar-refractivity contribution in [1.82, 2.24) is 9.80 Å². The highest BCUT2D eigenvalue weighted by Gasteiger charge is 2.37. The van der Waals surface area contributed by atoms with Crippen LogP contribution >= 0.6 is 0 Å². The number of likely N-dealkylation sites (tertiary alicyclic amines) is 2. The fourth-order valence-corrected chi connectivity index (χ4v) is 3.84. The summed E-state index contributed by atoms with van der Waals surface area (Å²) >= 11 is 0. The zero-order chi connectivity index (χ0) is 19.2. The second-order valence-electron chi connectivity index (χ2n) is 7.70. The number of nitrogens with zero attached hydrogens (tertiary/aromatic N) is 2. The molecular formula is C21H31N3O3. The molecule has 2 fully saturated rings. The van der Waals surface area contributed by atoms with Crippen LogP contribution < -0.4 is 5.73 Å². The Morgan fingerprint density at radius 3 is 2.59 bits per heavy atom. The van der Waals surface area contributed by atoms with Gasteiger partial charge >= 0.3 is 0 Å². The molecule has 2 saturated heterocycles. The minimum absolute atomic E-state index is 0.0777. The fraction of sp³-hybridized carbons (Fsp3) is 0.619. The van der Waals surface area contributed by atoms with Gasteiger partial charge in [0.1, 0.15) is 0 Å². The molecule has 2 N–H and O–H groups in total. The molecule has 2 heterocycles. The molecule has 148 valence electrons. The van der Waals surface area contributed by atoms with Crippen LogP contribution in [0.15, 0.2) is 24.3 Å². The second kappa shape index (κ2) is 9.33. The van der Waals surface area contributed by atoms with Crippen LogP contribution in [0.1, 0.15) is 36.8 Å². The Morgan fingerprint density at radius 2 is 1.93 bits per heavy atom. The number of carbonyl (C=O) groups is 2. The maximum absolute atomic E-state index is 12.8. The van der Waals surface area contributed by atoms with Crippen molar-refractivity contribution in [3.63, 3.8) is 0 Å². The Balaban J connectivity index is 1.47. The number of benzene rings is 1. The van der Waals surface area contributed by atoms with Gasteiger partial charge < -0.3 is 20.3 Å². The van der Waals surface area contributed by atoms with Gasteiger partial charge in [-0.25, -0.2) is 0 Å². The molecule has 27 heavy (non-hydrogen) atoms. The molecule has 3 rings (SSSR count). The molecule has 1 atom stereocenters. The zero-order valence-electron chi connectivity index (χ0n) is 16.2. The summed E-state index contributed by atoms with van der Waals surface area (Å²) < 4.78 is 5.81. The van der Waals surface area contributed by atoms with E-state index in [2.05, 4.69) is 12.1 Å². The second-order valence-corrected chi connectivity index (χ2v) is 7.70. The van der Waals surface area contributed by atoms with E-state index >= 15 is 0 Å². The third-order valence-electron chi connectivity index (χ3n) is 5.51. The number of nitrogens with two attached hydrogens (primary N) is 1. The lowest BCUT2D eigenvalue weighted by molar-refractivity contribution is -0.138. The van der Waals surface area contributed by atoms with Crippen LogP contribution in [0.3, 0.4) is 0 Å². The lowest BCUT2D eigenvalue weighted by Gasteiger charge is -2.33. The summed E-state index contributed by atoms with van der Waals surface area (Å²) in [7, 11) is 0. The van der Waals surface area contributed by atoms with E-state index in [-0.39, 0.29) is 23.8 Å². The van der Waals surface area contributed by atoms with Gasteiger partial charge in [0.25, 0.3) is 0 Å². The van der Waals surface area contributed by atoms with Gasteiger partial charge in [-0.1, -0.05) is 29.8 Å². The summed E-state index contributed by atoms with van der Waals surface area (Å²) in [4.78, 5) is 28.9. The molecule has 0 spiro atoms. The number of carbonyl (C=O) groups excluding carboxylic acids is 2. The first kappa shape index (κ1) is 19.8. The van der Waals surface area contributed by atoms with Crippen molar-refractivity contribution in [1.29, 1.82) is 0 Å². The van der Waals surface area contributed by atoms with Crippen LogP contribution in [0.25, 0.3) is 0 Å². The van der Waals surface area contributed by atoms with Crippen LogP contribution in [0.2, 0.25) is 0 Å². The van der Waals surface area contributed by atoms with Gasteiger partial charge in [-0.2, -0.15) is 0 Å². The molecule has 6 nitrogen and oxygen atoms in total. The average Bonchev–Trinajstić information content (AvgIpc) is 3.04. The standard InChI is InChI=1S/C21H31N3O3/c1-16-3-5-17(6-4-16)14-24-15-18(13-20(24)25)21(26)23-10-7-19(8-11-23)27-12-2-9-22/h3-6,18-19H,2,7-15,22H2,1H3/t18-/m1/s1. The van der Waals surface area contributed by atoms with Gasteiger partial charge in [0.15, 0.2) is 0 Å². The van der Waals surface area contributed by atoms with Gasteiger partial charge in [-0.3, -0.25) is 9.59 Å². The van der Waals surface area contributed by atoms with Crippen molar-refractivity contribution < 1.29 is 14.3 Å². The summed E-state index contributed by atoms with van der Waals surface area (Å²) in [6, 6.07) is 8.21. The third-order valence-corrected chi connectivity index (χ3v) is 5.51. The fourth-order valence-electron chi connectivity index (χ4n) is 3.84. The Bertz CT molecular complexity index is 639. The molecule has 2 aliphatic heterocycles. The largest absolute Gasteiger partial charge is 0.378 e. The normalized spacial score (nSPS) is 21.1. The molecule has 6 heteroatoms. The lowest BCUT2D eigenvalue weighted by Crippen LogP contribution is -2.44. The van der Waals surface area contributed by atoms with Crippen LogP contribution in [-0.2, 0) is 20.9 Å². The van der Waals surface area contributed by atoms with Crippen molar-refractivity contribution in [2.45, 2.75) is 45.3 Å². The Labute approximate surface area is 161 Å². The number of amides is 2. The third kappa shape index (κ3) is 5.30. The number of piperidine rings is 1. The molecule has 0 unspecified atom stereocenters. The highest BCUT2D eigenvalue weighted by molar-refractivity contribution is 5.89. The summed E-state index contributed by atoms with van der Waals surface area (Å²) in [6.45, 7) is 5.93. The van der Waals surface area contributed by atoms with Crippen LogP contribution in [-0.4, -0.2) is 60.5 Å². The van der Waals surface area contributed by atoms with E-state index in [1.165, 1.54) is 5.56 Å². The highest BCUT2D eigenvalue weighted by Crippen LogP contribution is 2.24. The number of aryl methyl sites for hydroxylation is 1. The lowest BCUT2D eigenvalue weighted by atomic mass is 10.0. The van der Waals surface area contributed by atoms with Gasteiger partial charge in [-0.15, -0.1) is 0 Å². The predicted octanol–water partition coefficient (Wildman–Crippen LogP) is 1.70. The van der Waals surface area contributed by atoms with Crippen LogP contribution in [0, 0.1) is 12.8 Å². The van der Waals surface area contributed by atoms with Gasteiger partial charge in [0.05, 0.1) is 12.0 Å². The van der Waals surface area contributed by atoms with Crippen molar-refractivity contribution in [3.8, 4) is 0 Å². The Kier molecular flexibility index (Phi) is 6.85. The molecule has 1 aromatic rings. The van der Waals surface area contributed by atoms with Crippen LogP contribution in [0.4, 0.5) is 0 Å². The smallest absolute Gasteiger partial charge is 0.227 e. The summed E-state index contributed by atoms with van der Waals surface area (Å²) in [5.74, 6) is -0.0123. The van der Waals surface area contributed by atoms with E-state index in [1.807, 2.05) is 28.9 Å². The van der Waals surface area contributed by atoms with E-state index in [4.69, 9.17) is 10.5 Å². The van der Waals surface area contributed by atoms with Gasteiger partial charge in [0.2, 0.25) is 11.8 Å². The van der Waals surface area contributed by atoms with Crippen LogP contribution in [0.5, 0.6) is 0 Å². The first-order valence-electron chi connectivity index (χ1n) is 10.0. The quantitative estimate of drug-likeness (QED) is 0.738. The number of ether oxygens (including phenoxy) is 1. The molecule has 0 radical (unpaired) electrons. The highest BCUT2D eigenvalue weighted by atomic mass is 16.5. The van der Waals surface area contributed by atoms with E-state index < -0.39 is 0 Å². The molecule has 2 amide bonds. The van der Waals surface area contributed by atoms with Crippen molar-refractivity contribution in [2.24, 2.45) is 11.7 Å². The maximum Gasteiger partial charge on any atom is 0.227 e. The molecule has 1 aromatic carbocycles. The molecular weight excluding hydrogens is 342 g/mol. The molecule has 0 aromatic heterocycles. The molecule has 0 bridgehead atoms. The molecule has 0 saturated carbocycles. The Hall–Kier alpha value is -1.92. The monoisotopic (exact) mass is 373 g/mol. The molecule has 2 aliphatic rings. The SMILES string of the molecule is Cc1ccc(CN2C[C@H](C(=O)N3CCC(OCCCN)CC3)CC2=O)cc1. The van der Waals surface area contributed by atoms with Crippen molar-refractivity contribution in [3.05, 3.63) is 35.4 Å². The molecule has 0 aliphatic carbocycles. The van der Waals surface area contributed by atoms with Gasteiger partial charge in [-0.05, 0) is 38.3 Å². The van der Waals surface area contributed by atoms with Crippen molar-refractivity contribution in [2.75, 3.05) is 32.8 Å². The van der Waals surface area contributed by atoms with E-state index in [0.717, 1.165) is 37.9 Å². The minimum Gasteiger partial charge on any atom is -0.378 e. The number of hydrogen-bond donors (Lipinski definition) is 1. The zero-order valence-corrected chi connectivity index (χ0v) is 16.2. The minimum atomic E-state index is -0.211. The summed E-state index contributed by atoms with van der Waals surface area (Å²) in [6.07, 6.45) is 3.16. The average molecular weight is 373 g/mol.